The highest BCUT2D eigenvalue weighted by molar-refractivity contribution is 6.31. The summed E-state index contributed by atoms with van der Waals surface area (Å²) in [4.78, 5) is 22.8. The zero-order valence-corrected chi connectivity index (χ0v) is 12.0. The molecule has 1 atom stereocenters. The van der Waals surface area contributed by atoms with Gasteiger partial charge in [0.1, 0.15) is 6.04 Å². The minimum absolute atomic E-state index is 0.0790. The molecule has 104 valence electrons. The second-order valence-corrected chi connectivity index (χ2v) is 5.31. The summed E-state index contributed by atoms with van der Waals surface area (Å²) in [6.07, 6.45) is 0.0790. The van der Waals surface area contributed by atoms with E-state index in [9.17, 15) is 9.59 Å². The van der Waals surface area contributed by atoms with Crippen LogP contribution in [0.25, 0.3) is 0 Å². The van der Waals surface area contributed by atoms with Crippen LogP contribution in [0.4, 0.5) is 0 Å². The first-order valence-corrected chi connectivity index (χ1v) is 6.46. The molecule has 0 saturated carbocycles. The van der Waals surface area contributed by atoms with Gasteiger partial charge in [-0.2, -0.15) is 0 Å². The summed E-state index contributed by atoms with van der Waals surface area (Å²) in [7, 11) is 0. The van der Waals surface area contributed by atoms with Crippen molar-refractivity contribution in [3.05, 3.63) is 34.3 Å². The average molecular weight is 284 g/mol. The van der Waals surface area contributed by atoms with Crippen LogP contribution in [0.2, 0.25) is 5.02 Å². The van der Waals surface area contributed by atoms with E-state index in [4.69, 9.17) is 16.7 Å². The van der Waals surface area contributed by atoms with Crippen molar-refractivity contribution in [1.82, 2.24) is 5.32 Å². The summed E-state index contributed by atoms with van der Waals surface area (Å²) < 4.78 is 0. The molecule has 4 nitrogen and oxygen atoms in total. The maximum absolute atomic E-state index is 11.8. The average Bonchev–Trinajstić information content (AvgIpc) is 2.29. The highest BCUT2D eigenvalue weighted by Crippen LogP contribution is 2.18. The Bertz CT molecular complexity index is 486. The number of carboxylic acid groups (broad SMARTS) is 1. The molecular formula is C14H18ClNO3. The SMILES string of the molecule is Cc1ccc(CC(=O)NC(C(=O)O)C(C)C)c(Cl)c1. The van der Waals surface area contributed by atoms with Gasteiger partial charge >= 0.3 is 5.97 Å². The van der Waals surface area contributed by atoms with Crippen LogP contribution in [0.5, 0.6) is 0 Å². The predicted octanol–water partition coefficient (Wildman–Crippen LogP) is 2.42. The molecular weight excluding hydrogens is 266 g/mol. The van der Waals surface area contributed by atoms with E-state index in [1.165, 1.54) is 0 Å². The number of carbonyl (C=O) groups is 2. The van der Waals surface area contributed by atoms with Gasteiger partial charge in [-0.25, -0.2) is 4.79 Å². The minimum Gasteiger partial charge on any atom is -0.480 e. The molecule has 0 radical (unpaired) electrons. The van der Waals surface area contributed by atoms with E-state index in [1.54, 1.807) is 26.0 Å². The van der Waals surface area contributed by atoms with Crippen LogP contribution in [-0.4, -0.2) is 23.0 Å². The first-order valence-electron chi connectivity index (χ1n) is 6.08. The third-order valence-corrected chi connectivity index (χ3v) is 3.16. The van der Waals surface area contributed by atoms with Gasteiger partial charge in [0, 0.05) is 5.02 Å². The zero-order chi connectivity index (χ0) is 14.6. The van der Waals surface area contributed by atoms with Crippen LogP contribution < -0.4 is 5.32 Å². The van der Waals surface area contributed by atoms with Crippen LogP contribution in [-0.2, 0) is 16.0 Å². The normalized spacial score (nSPS) is 12.3. The lowest BCUT2D eigenvalue weighted by molar-refractivity contribution is -0.143. The summed E-state index contributed by atoms with van der Waals surface area (Å²) in [5.41, 5.74) is 1.71. The number of halogens is 1. The van der Waals surface area contributed by atoms with Crippen LogP contribution in [0, 0.1) is 12.8 Å². The minimum atomic E-state index is -1.03. The van der Waals surface area contributed by atoms with E-state index in [0.717, 1.165) is 5.56 Å². The van der Waals surface area contributed by atoms with Crippen molar-refractivity contribution in [1.29, 1.82) is 0 Å². The van der Waals surface area contributed by atoms with Gasteiger partial charge in [0.15, 0.2) is 0 Å². The lowest BCUT2D eigenvalue weighted by Crippen LogP contribution is -2.44. The lowest BCUT2D eigenvalue weighted by atomic mass is 10.0. The molecule has 0 aliphatic carbocycles. The Morgan fingerprint density at radius 3 is 2.47 bits per heavy atom. The molecule has 1 aromatic carbocycles. The number of carbonyl (C=O) groups excluding carboxylic acids is 1. The van der Waals surface area contributed by atoms with Gasteiger partial charge in [-0.3, -0.25) is 4.79 Å². The molecule has 0 heterocycles. The molecule has 5 heteroatoms. The number of aliphatic carboxylic acids is 1. The summed E-state index contributed by atoms with van der Waals surface area (Å²) in [6, 6.07) is 4.55. The van der Waals surface area contributed by atoms with E-state index < -0.39 is 12.0 Å². The van der Waals surface area contributed by atoms with Crippen molar-refractivity contribution in [3.63, 3.8) is 0 Å². The molecule has 2 N–H and O–H groups in total. The zero-order valence-electron chi connectivity index (χ0n) is 11.2. The number of hydrogen-bond acceptors (Lipinski definition) is 2. The molecule has 0 fully saturated rings. The van der Waals surface area contributed by atoms with Gasteiger partial charge in [-0.1, -0.05) is 37.6 Å². The first kappa shape index (κ1) is 15.5. The Morgan fingerprint density at radius 2 is 2.00 bits per heavy atom. The molecule has 1 amide bonds. The Hall–Kier alpha value is -1.55. The van der Waals surface area contributed by atoms with Gasteiger partial charge < -0.3 is 10.4 Å². The van der Waals surface area contributed by atoms with Crippen molar-refractivity contribution < 1.29 is 14.7 Å². The van der Waals surface area contributed by atoms with Crippen molar-refractivity contribution in [2.24, 2.45) is 5.92 Å². The lowest BCUT2D eigenvalue weighted by Gasteiger charge is -2.18. The van der Waals surface area contributed by atoms with E-state index in [0.29, 0.717) is 10.6 Å². The van der Waals surface area contributed by atoms with Gasteiger partial charge in [0.25, 0.3) is 0 Å². The van der Waals surface area contributed by atoms with Gasteiger partial charge in [-0.15, -0.1) is 0 Å². The topological polar surface area (TPSA) is 66.4 Å². The number of aryl methyl sites for hydroxylation is 1. The fraction of sp³-hybridized carbons (Fsp3) is 0.429. The molecule has 0 aliphatic heterocycles. The van der Waals surface area contributed by atoms with Crippen LogP contribution in [0.1, 0.15) is 25.0 Å². The van der Waals surface area contributed by atoms with Crippen molar-refractivity contribution in [2.45, 2.75) is 33.2 Å². The van der Waals surface area contributed by atoms with Gasteiger partial charge in [0.05, 0.1) is 6.42 Å². The summed E-state index contributed by atoms with van der Waals surface area (Å²) in [6.45, 7) is 5.41. The van der Waals surface area contributed by atoms with Gasteiger partial charge in [0.2, 0.25) is 5.91 Å². The van der Waals surface area contributed by atoms with Crippen LogP contribution >= 0.6 is 11.6 Å². The Balaban J connectivity index is 2.72. The quantitative estimate of drug-likeness (QED) is 0.872. The summed E-state index contributed by atoms with van der Waals surface area (Å²) >= 11 is 6.04. The molecule has 1 rings (SSSR count). The molecule has 0 spiro atoms. The van der Waals surface area contributed by atoms with E-state index in [2.05, 4.69) is 5.32 Å². The van der Waals surface area contributed by atoms with Crippen molar-refractivity contribution in [3.8, 4) is 0 Å². The van der Waals surface area contributed by atoms with E-state index in [-0.39, 0.29) is 18.2 Å². The Kier molecular flexibility index (Phi) is 5.36. The Labute approximate surface area is 117 Å². The molecule has 1 unspecified atom stereocenters. The first-order chi connectivity index (χ1) is 8.81. The van der Waals surface area contributed by atoms with Gasteiger partial charge in [-0.05, 0) is 30.0 Å². The second kappa shape index (κ2) is 6.57. The second-order valence-electron chi connectivity index (χ2n) is 4.90. The molecule has 19 heavy (non-hydrogen) atoms. The fourth-order valence-corrected chi connectivity index (χ4v) is 2.01. The molecule has 0 aliphatic rings. The molecule has 0 saturated heterocycles. The van der Waals surface area contributed by atoms with E-state index >= 15 is 0 Å². The van der Waals surface area contributed by atoms with Crippen LogP contribution in [0.15, 0.2) is 18.2 Å². The van der Waals surface area contributed by atoms with Crippen molar-refractivity contribution in [2.75, 3.05) is 0 Å². The monoisotopic (exact) mass is 283 g/mol. The van der Waals surface area contributed by atoms with Crippen LogP contribution in [0.3, 0.4) is 0 Å². The summed E-state index contributed by atoms with van der Waals surface area (Å²) in [5, 5.41) is 12.0. The highest BCUT2D eigenvalue weighted by atomic mass is 35.5. The summed E-state index contributed by atoms with van der Waals surface area (Å²) in [5.74, 6) is -1.54. The number of nitrogens with one attached hydrogen (secondary N) is 1. The standard InChI is InChI=1S/C14H18ClNO3/c1-8(2)13(14(18)19)16-12(17)7-10-5-4-9(3)6-11(10)15/h4-6,8,13H,7H2,1-3H3,(H,16,17)(H,18,19). The van der Waals surface area contributed by atoms with Crippen molar-refractivity contribution >= 4 is 23.5 Å². The predicted molar refractivity (Wildman–Crippen MR) is 74.3 cm³/mol. The van der Waals surface area contributed by atoms with E-state index in [1.807, 2.05) is 13.0 Å². The number of amides is 1. The maximum atomic E-state index is 11.8. The molecule has 0 aromatic heterocycles. The smallest absolute Gasteiger partial charge is 0.326 e. The Morgan fingerprint density at radius 1 is 1.37 bits per heavy atom. The number of carboxylic acids is 1. The number of rotatable bonds is 5. The maximum Gasteiger partial charge on any atom is 0.326 e. The number of benzene rings is 1. The fourth-order valence-electron chi connectivity index (χ4n) is 1.71. The number of hydrogen-bond donors (Lipinski definition) is 2. The third kappa shape index (κ3) is 4.56. The largest absolute Gasteiger partial charge is 0.480 e. The highest BCUT2D eigenvalue weighted by Gasteiger charge is 2.23. The molecule has 1 aromatic rings. The third-order valence-electron chi connectivity index (χ3n) is 2.81. The molecule has 0 bridgehead atoms.